The number of aryl methyl sites for hydroxylation is 1. The van der Waals surface area contributed by atoms with Gasteiger partial charge in [0.05, 0.1) is 18.7 Å². The Morgan fingerprint density at radius 1 is 1.32 bits per heavy atom. The van der Waals surface area contributed by atoms with E-state index in [1.807, 2.05) is 26.0 Å². The van der Waals surface area contributed by atoms with Gasteiger partial charge in [0.15, 0.2) is 0 Å². The fourth-order valence-corrected chi connectivity index (χ4v) is 2.79. The van der Waals surface area contributed by atoms with Crippen molar-refractivity contribution in [3.05, 3.63) is 59.3 Å². The molecule has 0 unspecified atom stereocenters. The van der Waals surface area contributed by atoms with Gasteiger partial charge < -0.3 is 19.7 Å². The number of carbonyl (C=O) groups excluding carboxylic acids is 1. The number of furan rings is 1. The number of nitrogens with zero attached hydrogens (tertiary/aromatic N) is 1. The lowest BCUT2D eigenvalue weighted by atomic mass is 10.1. The molecule has 1 aromatic heterocycles. The second-order valence-electron chi connectivity index (χ2n) is 6.57. The zero-order valence-electron chi connectivity index (χ0n) is 14.4. The third-order valence-corrected chi connectivity index (χ3v) is 4.40. The first-order valence-electron chi connectivity index (χ1n) is 8.51. The van der Waals surface area contributed by atoms with Gasteiger partial charge >= 0.3 is 6.03 Å². The first kappa shape index (κ1) is 17.5. The van der Waals surface area contributed by atoms with Crippen LogP contribution < -0.4 is 5.32 Å². The lowest BCUT2D eigenvalue weighted by Gasteiger charge is -2.27. The minimum Gasteiger partial charge on any atom is -0.464 e. The summed E-state index contributed by atoms with van der Waals surface area (Å²) in [6.45, 7) is 3.89. The summed E-state index contributed by atoms with van der Waals surface area (Å²) < 4.78 is 18.6. The quantitative estimate of drug-likeness (QED) is 0.838. The molecule has 134 valence electrons. The van der Waals surface area contributed by atoms with Gasteiger partial charge in [0.25, 0.3) is 0 Å². The van der Waals surface area contributed by atoms with Crippen molar-refractivity contribution in [2.24, 2.45) is 0 Å². The van der Waals surface area contributed by atoms with Crippen LogP contribution in [0, 0.1) is 12.7 Å². The van der Waals surface area contributed by atoms with Gasteiger partial charge in [-0.3, -0.25) is 0 Å². The molecular weight excluding hydrogens is 323 g/mol. The predicted molar refractivity (Wildman–Crippen MR) is 91.5 cm³/mol. The van der Waals surface area contributed by atoms with Crippen LogP contribution in [-0.2, 0) is 0 Å². The minimum atomic E-state index is -0.854. The third-order valence-electron chi connectivity index (χ3n) is 4.40. The van der Waals surface area contributed by atoms with Crippen molar-refractivity contribution in [2.75, 3.05) is 6.54 Å². The molecule has 2 amide bonds. The van der Waals surface area contributed by atoms with E-state index in [-0.39, 0.29) is 30.5 Å². The van der Waals surface area contributed by atoms with Crippen LogP contribution in [0.5, 0.6) is 0 Å². The standard InChI is InChI=1S/C19H23FN2O3/c1-12-3-10-18(25-12)13(2)21-19(24)22(16-8-9-16)11-17(23)14-4-6-15(20)7-5-14/h3-7,10,13,16-17,23H,8-9,11H2,1-2H3,(H,21,24)/t13-,17-/m1/s1. The lowest BCUT2D eigenvalue weighted by Crippen LogP contribution is -2.44. The van der Waals surface area contributed by atoms with E-state index in [0.29, 0.717) is 11.3 Å². The number of amides is 2. The molecule has 3 rings (SSSR count). The van der Waals surface area contributed by atoms with Crippen molar-refractivity contribution >= 4 is 6.03 Å². The molecule has 2 aromatic rings. The molecule has 1 aromatic carbocycles. The molecule has 5 nitrogen and oxygen atoms in total. The van der Waals surface area contributed by atoms with Crippen molar-refractivity contribution in [1.29, 1.82) is 0 Å². The van der Waals surface area contributed by atoms with E-state index in [9.17, 15) is 14.3 Å². The number of carbonyl (C=O) groups is 1. The van der Waals surface area contributed by atoms with Crippen LogP contribution in [0.15, 0.2) is 40.8 Å². The Morgan fingerprint density at radius 3 is 2.56 bits per heavy atom. The molecule has 1 aliphatic rings. The Balaban J connectivity index is 1.64. The smallest absolute Gasteiger partial charge is 0.318 e. The summed E-state index contributed by atoms with van der Waals surface area (Å²) in [5.74, 6) is 1.14. The second-order valence-corrected chi connectivity index (χ2v) is 6.57. The monoisotopic (exact) mass is 346 g/mol. The van der Waals surface area contributed by atoms with Crippen LogP contribution >= 0.6 is 0 Å². The van der Waals surface area contributed by atoms with E-state index >= 15 is 0 Å². The maximum Gasteiger partial charge on any atom is 0.318 e. The number of urea groups is 1. The fourth-order valence-electron chi connectivity index (χ4n) is 2.79. The number of benzene rings is 1. The van der Waals surface area contributed by atoms with Gasteiger partial charge in [0.1, 0.15) is 17.3 Å². The maximum absolute atomic E-state index is 13.0. The molecule has 6 heteroatoms. The molecule has 2 N–H and O–H groups in total. The van der Waals surface area contributed by atoms with Crippen molar-refractivity contribution in [3.63, 3.8) is 0 Å². The number of aliphatic hydroxyl groups excluding tert-OH is 1. The molecule has 1 fully saturated rings. The number of nitrogens with one attached hydrogen (secondary N) is 1. The van der Waals surface area contributed by atoms with Crippen LogP contribution in [-0.4, -0.2) is 28.6 Å². The second kappa shape index (κ2) is 7.27. The van der Waals surface area contributed by atoms with E-state index in [4.69, 9.17) is 4.42 Å². The summed E-state index contributed by atoms with van der Waals surface area (Å²) in [6.07, 6.45) is 1.00. The average Bonchev–Trinajstić information content (AvgIpc) is 3.33. The Labute approximate surface area is 146 Å². The molecule has 2 atom stereocenters. The molecule has 0 spiro atoms. The molecule has 1 heterocycles. The topological polar surface area (TPSA) is 65.7 Å². The Hall–Kier alpha value is -2.34. The molecule has 0 radical (unpaired) electrons. The Kier molecular flexibility index (Phi) is 5.08. The highest BCUT2D eigenvalue weighted by molar-refractivity contribution is 5.75. The zero-order chi connectivity index (χ0) is 18.0. The summed E-state index contributed by atoms with van der Waals surface area (Å²) in [7, 11) is 0. The van der Waals surface area contributed by atoms with Crippen molar-refractivity contribution in [3.8, 4) is 0 Å². The van der Waals surface area contributed by atoms with Crippen LogP contribution in [0.1, 0.15) is 49.0 Å². The molecule has 1 saturated carbocycles. The Bertz CT molecular complexity index is 725. The van der Waals surface area contributed by atoms with Crippen molar-refractivity contribution in [1.82, 2.24) is 10.2 Å². The van der Waals surface area contributed by atoms with E-state index < -0.39 is 6.10 Å². The number of rotatable bonds is 6. The number of hydrogen-bond donors (Lipinski definition) is 2. The number of aliphatic hydroxyl groups is 1. The first-order valence-corrected chi connectivity index (χ1v) is 8.51. The maximum atomic E-state index is 13.0. The highest BCUT2D eigenvalue weighted by atomic mass is 19.1. The van der Waals surface area contributed by atoms with Gasteiger partial charge in [-0.15, -0.1) is 0 Å². The van der Waals surface area contributed by atoms with Crippen LogP contribution in [0.3, 0.4) is 0 Å². The summed E-state index contributed by atoms with van der Waals surface area (Å²) in [6, 6.07) is 9.04. The Morgan fingerprint density at radius 2 is 2.00 bits per heavy atom. The van der Waals surface area contributed by atoms with Crippen molar-refractivity contribution < 1.29 is 18.7 Å². The molecule has 25 heavy (non-hydrogen) atoms. The van der Waals surface area contributed by atoms with Gasteiger partial charge in [-0.1, -0.05) is 12.1 Å². The first-order chi connectivity index (χ1) is 11.9. The minimum absolute atomic E-state index is 0.139. The van der Waals surface area contributed by atoms with Crippen LogP contribution in [0.2, 0.25) is 0 Å². The van der Waals surface area contributed by atoms with E-state index in [1.54, 1.807) is 4.90 Å². The van der Waals surface area contributed by atoms with Gasteiger partial charge in [0, 0.05) is 6.04 Å². The van der Waals surface area contributed by atoms with E-state index in [1.165, 1.54) is 24.3 Å². The third kappa shape index (κ3) is 4.39. The van der Waals surface area contributed by atoms with Crippen molar-refractivity contribution in [2.45, 2.75) is 44.9 Å². The molecular formula is C19H23FN2O3. The summed E-state index contributed by atoms with van der Waals surface area (Å²) in [5.41, 5.74) is 0.592. The fraction of sp³-hybridized carbons (Fsp3) is 0.421. The number of hydrogen-bond acceptors (Lipinski definition) is 3. The van der Waals surface area contributed by atoms with Gasteiger partial charge in [-0.05, 0) is 56.5 Å². The highest BCUT2D eigenvalue weighted by Crippen LogP contribution is 2.29. The predicted octanol–water partition coefficient (Wildman–Crippen LogP) is 3.70. The van der Waals surface area contributed by atoms with E-state index in [0.717, 1.165) is 18.6 Å². The average molecular weight is 346 g/mol. The van der Waals surface area contributed by atoms with Gasteiger partial charge in [-0.2, -0.15) is 0 Å². The van der Waals surface area contributed by atoms with Gasteiger partial charge in [0.2, 0.25) is 0 Å². The van der Waals surface area contributed by atoms with Crippen LogP contribution in [0.4, 0.5) is 9.18 Å². The summed E-state index contributed by atoms with van der Waals surface area (Å²) in [5, 5.41) is 13.3. The summed E-state index contributed by atoms with van der Waals surface area (Å²) >= 11 is 0. The molecule has 0 saturated heterocycles. The lowest BCUT2D eigenvalue weighted by molar-refractivity contribution is 0.116. The number of halogens is 1. The normalized spacial score (nSPS) is 16.3. The van der Waals surface area contributed by atoms with Crippen LogP contribution in [0.25, 0.3) is 0 Å². The highest BCUT2D eigenvalue weighted by Gasteiger charge is 2.34. The molecule has 1 aliphatic carbocycles. The van der Waals surface area contributed by atoms with Gasteiger partial charge in [-0.25, -0.2) is 9.18 Å². The SMILES string of the molecule is Cc1ccc([C@@H](C)NC(=O)N(C[C@@H](O)c2ccc(F)cc2)C2CC2)o1. The van der Waals surface area contributed by atoms with E-state index in [2.05, 4.69) is 5.32 Å². The zero-order valence-corrected chi connectivity index (χ0v) is 14.4. The largest absolute Gasteiger partial charge is 0.464 e. The molecule has 0 bridgehead atoms. The summed E-state index contributed by atoms with van der Waals surface area (Å²) in [4.78, 5) is 14.3. The molecule has 0 aliphatic heterocycles.